The molecule has 0 aliphatic carbocycles. The second-order valence-corrected chi connectivity index (χ2v) is 21.9. The topological polar surface area (TPSA) is 564 Å². The number of aliphatic imine (C=N–C) groups is 1. The van der Waals surface area contributed by atoms with Crippen molar-refractivity contribution in [2.75, 3.05) is 13.2 Å². The summed E-state index contributed by atoms with van der Waals surface area (Å²) in [6.45, 7) is 5.55. The van der Waals surface area contributed by atoms with Crippen molar-refractivity contribution in [1.29, 1.82) is 0 Å². The fraction of sp³-hybridized carbons (Fsp3) is 0.433. The van der Waals surface area contributed by atoms with Crippen LogP contribution in [0.5, 0.6) is 5.75 Å². The summed E-state index contributed by atoms with van der Waals surface area (Å²) in [5.41, 5.74) is 25.1. The highest BCUT2D eigenvalue weighted by atomic mass is 16.4. The molecular formula is C60H83N15O18. The molecule has 33 heteroatoms. The van der Waals surface area contributed by atoms with Gasteiger partial charge in [-0.15, -0.1) is 0 Å². The molecule has 0 fully saturated rings. The van der Waals surface area contributed by atoms with E-state index in [1.807, 2.05) is 24.3 Å². The Morgan fingerprint density at radius 1 is 0.527 bits per heavy atom. The monoisotopic (exact) mass is 1300 g/mol. The number of aliphatic hydroxyl groups excluding tert-OH is 1. The summed E-state index contributed by atoms with van der Waals surface area (Å²) in [7, 11) is 0. The zero-order valence-corrected chi connectivity index (χ0v) is 51.8. The zero-order chi connectivity index (χ0) is 69.6. The Labute approximate surface area is 533 Å². The van der Waals surface area contributed by atoms with Crippen molar-refractivity contribution >= 4 is 93.8 Å². The third-order valence-electron chi connectivity index (χ3n) is 13.8. The van der Waals surface area contributed by atoms with Crippen molar-refractivity contribution in [2.24, 2.45) is 33.8 Å². The Morgan fingerprint density at radius 3 is 1.58 bits per heavy atom. The second kappa shape index (κ2) is 38.1. The molecule has 23 N–H and O–H groups in total. The fourth-order valence-electron chi connectivity index (χ4n) is 8.89. The number of carbonyl (C=O) groups is 13. The molecule has 0 spiro atoms. The van der Waals surface area contributed by atoms with Gasteiger partial charge < -0.3 is 101 Å². The van der Waals surface area contributed by atoms with E-state index in [1.165, 1.54) is 52.0 Å². The average Bonchev–Trinajstić information content (AvgIpc) is 1.74. The van der Waals surface area contributed by atoms with E-state index in [2.05, 4.69) is 57.8 Å². The molecule has 10 atom stereocenters. The smallest absolute Gasteiger partial charge is 0.326 e. The summed E-state index contributed by atoms with van der Waals surface area (Å²) in [6, 6.07) is 5.81. The lowest BCUT2D eigenvalue weighted by Gasteiger charge is -2.28. The molecule has 3 aromatic carbocycles. The first-order chi connectivity index (χ1) is 43.8. The van der Waals surface area contributed by atoms with Crippen LogP contribution in [0.1, 0.15) is 83.4 Å². The number of amides is 10. The van der Waals surface area contributed by atoms with Gasteiger partial charge in [0.2, 0.25) is 59.1 Å². The lowest BCUT2D eigenvalue weighted by Crippen LogP contribution is -2.61. The number of carboxylic acid groups (broad SMARTS) is 3. The summed E-state index contributed by atoms with van der Waals surface area (Å²) in [5.74, 6) is -14.8. The number of benzene rings is 3. The van der Waals surface area contributed by atoms with E-state index < -0.39 is 163 Å². The number of guanidine groups is 1. The number of H-pyrrole nitrogens is 1. The van der Waals surface area contributed by atoms with Crippen molar-refractivity contribution < 1.29 is 87.9 Å². The number of phenols is 1. The van der Waals surface area contributed by atoms with E-state index >= 15 is 0 Å². The predicted octanol–water partition coefficient (Wildman–Crippen LogP) is -3.75. The van der Waals surface area contributed by atoms with E-state index in [9.17, 15) is 78.0 Å². The van der Waals surface area contributed by atoms with Crippen LogP contribution in [0.15, 0.2) is 90.1 Å². The number of carbonyl (C=O) groups excluding carboxylic acids is 10. The fourth-order valence-corrected chi connectivity index (χ4v) is 8.89. The molecule has 33 nitrogen and oxygen atoms in total. The summed E-state index contributed by atoms with van der Waals surface area (Å²) < 4.78 is 0. The number of aromatic amines is 1. The molecule has 93 heavy (non-hydrogen) atoms. The number of hydrogen-bond donors (Lipinski definition) is 19. The molecule has 0 saturated heterocycles. The van der Waals surface area contributed by atoms with Gasteiger partial charge in [-0.1, -0.05) is 74.5 Å². The number of carboxylic acids is 3. The highest BCUT2D eigenvalue weighted by Gasteiger charge is 2.36. The van der Waals surface area contributed by atoms with Crippen LogP contribution >= 0.6 is 0 Å². The maximum atomic E-state index is 14.2. The average molecular weight is 1300 g/mol. The number of aromatic nitrogens is 1. The normalized spacial score (nSPS) is 14.1. The Hall–Kier alpha value is -10.7. The number of nitrogens with zero attached hydrogens (tertiary/aromatic N) is 1. The lowest BCUT2D eigenvalue weighted by atomic mass is 10.00. The minimum absolute atomic E-state index is 0.0437. The van der Waals surface area contributed by atoms with Crippen LogP contribution in [-0.2, 0) is 81.6 Å². The van der Waals surface area contributed by atoms with E-state index in [1.54, 1.807) is 36.5 Å². The molecule has 1 heterocycles. The van der Waals surface area contributed by atoms with Gasteiger partial charge in [0.1, 0.15) is 60.1 Å². The second-order valence-electron chi connectivity index (χ2n) is 21.9. The molecule has 0 radical (unpaired) electrons. The van der Waals surface area contributed by atoms with E-state index in [4.69, 9.17) is 32.8 Å². The Morgan fingerprint density at radius 2 is 1.00 bits per heavy atom. The highest BCUT2D eigenvalue weighted by molar-refractivity contribution is 5.99. The van der Waals surface area contributed by atoms with Crippen LogP contribution in [0.4, 0.5) is 0 Å². The number of aromatic hydroxyl groups is 1. The molecule has 506 valence electrons. The van der Waals surface area contributed by atoms with E-state index in [0.717, 1.165) is 23.4 Å². The maximum absolute atomic E-state index is 14.2. The molecule has 10 amide bonds. The SMILES string of the molecule is CC(=O)O.CC(NC(=O)C(C)NC(=O)C(CCC(N)=O)NC(=O)C(CCCN=C(N)N)NC(=O)C(N)Cc1c[nH]c2ccccc12)C(=O)NC(Cc1ccccc1)C(=O)NC(C(=O)NC(CC(=O)O)C(=O)NC(CO)C(=O)NC(Cc1ccc(O)cc1)C(=O)O)C(C)C. The number of aliphatic carboxylic acids is 3. The maximum Gasteiger partial charge on any atom is 0.326 e. The minimum Gasteiger partial charge on any atom is -0.508 e. The minimum atomic E-state index is -1.94. The van der Waals surface area contributed by atoms with Crippen LogP contribution in [0, 0.1) is 5.92 Å². The van der Waals surface area contributed by atoms with Crippen molar-refractivity contribution in [1.82, 2.24) is 52.8 Å². The standard InChI is InChI=1S/C58H79N15O16.C2H4O2/c1-29(2)47(56(87)70-42(26-46(77)78)53(84)72-44(28-74)55(86)71-43(57(88)89)24-33-16-18-35(75)19-17-33)73-54(85)41(23-32-11-6-5-7-12-32)69-49(80)31(4)65-48(79)30(3)66-51(82)40(20-21-45(60)76)68-52(83)39(15-10-22-63-58(61)62)67-50(81)37(59)25-34-27-64-38-14-9-8-13-36(34)38;1-2(3)4/h5-9,11-14,16-19,27,29-31,37,39-44,47,64,74-75H,10,15,20-26,28,59H2,1-4H3,(H2,60,76)(H,65,79)(H,66,82)(H,67,81)(H,68,83)(H,69,80)(H,70,87)(H,71,86)(H,72,84)(H,73,85)(H,77,78)(H,88,89)(H4,61,62,63);1H3,(H,3,4). The number of hydrogen-bond acceptors (Lipinski definition) is 17. The Balaban J connectivity index is 0.00000547. The third kappa shape index (κ3) is 27.1. The number of rotatable bonds is 36. The van der Waals surface area contributed by atoms with Crippen LogP contribution < -0.4 is 70.8 Å². The number of nitrogens with one attached hydrogen (secondary N) is 10. The van der Waals surface area contributed by atoms with Gasteiger partial charge in [0.15, 0.2) is 5.96 Å². The van der Waals surface area contributed by atoms with E-state index in [0.29, 0.717) is 11.1 Å². The molecule has 0 saturated carbocycles. The first-order valence-corrected chi connectivity index (χ1v) is 29.2. The van der Waals surface area contributed by atoms with Crippen molar-refractivity contribution in [2.45, 2.75) is 146 Å². The Kier molecular flexibility index (Phi) is 31.4. The molecule has 4 rings (SSSR count). The van der Waals surface area contributed by atoms with Gasteiger partial charge in [-0.05, 0) is 80.3 Å². The first-order valence-electron chi connectivity index (χ1n) is 29.2. The summed E-state index contributed by atoms with van der Waals surface area (Å²) >= 11 is 0. The molecule has 1 aromatic heterocycles. The van der Waals surface area contributed by atoms with Gasteiger partial charge in [-0.3, -0.25) is 62.5 Å². The van der Waals surface area contributed by atoms with Gasteiger partial charge in [-0.25, -0.2) is 4.79 Å². The highest BCUT2D eigenvalue weighted by Crippen LogP contribution is 2.19. The van der Waals surface area contributed by atoms with Crippen molar-refractivity contribution in [3.63, 3.8) is 0 Å². The molecule has 4 aromatic rings. The predicted molar refractivity (Wildman–Crippen MR) is 334 cm³/mol. The van der Waals surface area contributed by atoms with Gasteiger partial charge in [0.25, 0.3) is 5.97 Å². The third-order valence-corrected chi connectivity index (χ3v) is 13.8. The quantitative estimate of drug-likeness (QED) is 0.0118. The summed E-state index contributed by atoms with van der Waals surface area (Å²) in [6.07, 6.45) is -0.378. The summed E-state index contributed by atoms with van der Waals surface area (Å²) in [5, 5.41) is 69.0. The van der Waals surface area contributed by atoms with Gasteiger partial charge in [0.05, 0.1) is 19.1 Å². The van der Waals surface area contributed by atoms with Crippen LogP contribution in [-0.4, -0.2) is 187 Å². The number of primary amides is 1. The molecule has 10 unspecified atom stereocenters. The summed E-state index contributed by atoms with van der Waals surface area (Å²) in [4.78, 5) is 176. The number of nitrogens with two attached hydrogens (primary N) is 4. The van der Waals surface area contributed by atoms with Crippen LogP contribution in [0.3, 0.4) is 0 Å². The number of phenolic OH excluding ortho intramolecular Hbond substituents is 1. The molecular weight excluding hydrogens is 1220 g/mol. The lowest BCUT2D eigenvalue weighted by molar-refractivity contribution is -0.143. The van der Waals surface area contributed by atoms with Crippen LogP contribution in [0.2, 0.25) is 0 Å². The number of aliphatic hydroxyl groups is 1. The number of para-hydroxylation sites is 1. The Bertz CT molecular complexity index is 3280. The van der Waals surface area contributed by atoms with Crippen molar-refractivity contribution in [3.05, 3.63) is 102 Å². The molecule has 0 aliphatic rings. The van der Waals surface area contributed by atoms with E-state index in [-0.39, 0.29) is 56.8 Å². The number of fused-ring (bicyclic) bond motifs is 1. The van der Waals surface area contributed by atoms with Gasteiger partial charge >= 0.3 is 11.9 Å². The largest absolute Gasteiger partial charge is 0.508 e. The van der Waals surface area contributed by atoms with Gasteiger partial charge in [-0.2, -0.15) is 0 Å². The molecule has 0 bridgehead atoms. The molecule has 0 aliphatic heterocycles. The first kappa shape index (κ1) is 76.5. The van der Waals surface area contributed by atoms with Crippen LogP contribution in [0.25, 0.3) is 10.9 Å². The van der Waals surface area contributed by atoms with Crippen molar-refractivity contribution in [3.8, 4) is 5.75 Å². The zero-order valence-electron chi connectivity index (χ0n) is 51.8. The van der Waals surface area contributed by atoms with Gasteiger partial charge in [0, 0.05) is 49.8 Å².